The smallest absolute Gasteiger partial charge is 0.162 e. The summed E-state index contributed by atoms with van der Waals surface area (Å²) in [6.45, 7) is 18.3. The lowest BCUT2D eigenvalue weighted by Gasteiger charge is -2.61. The van der Waals surface area contributed by atoms with E-state index in [2.05, 4.69) is 83.9 Å². The monoisotopic (exact) mass is 644 g/mol. The number of nitrogens with zero attached hydrogens (tertiary/aromatic N) is 4. The zero-order valence-electron chi connectivity index (χ0n) is 30.6. The molecular weight excluding hydrogens is 584 g/mol. The summed E-state index contributed by atoms with van der Waals surface area (Å²) in [5.74, 6) is 1.44. The summed E-state index contributed by atoms with van der Waals surface area (Å²) in [6.07, 6.45) is 19.2. The molecule has 258 valence electrons. The van der Waals surface area contributed by atoms with E-state index >= 15 is 0 Å². The van der Waals surface area contributed by atoms with Gasteiger partial charge in [0.15, 0.2) is 6.61 Å². The second kappa shape index (κ2) is 15.8. The second-order valence-electron chi connectivity index (χ2n) is 15.4. The third-order valence-electron chi connectivity index (χ3n) is 11.1. The van der Waals surface area contributed by atoms with Crippen molar-refractivity contribution in [1.82, 2.24) is 15.0 Å². The molecule has 0 unspecified atom stereocenters. The van der Waals surface area contributed by atoms with Crippen LogP contribution in [0.2, 0.25) is 0 Å². The molecule has 0 radical (unpaired) electrons. The average Bonchev–Trinajstić information content (AvgIpc) is 3.48. The number of rotatable bonds is 14. The Kier molecular flexibility index (Phi) is 12.3. The van der Waals surface area contributed by atoms with E-state index in [-0.39, 0.29) is 23.4 Å². The third-order valence-corrected chi connectivity index (χ3v) is 11.1. The summed E-state index contributed by atoms with van der Waals surface area (Å²) in [6, 6.07) is 7.72. The van der Waals surface area contributed by atoms with Crippen LogP contribution in [-0.4, -0.2) is 38.5 Å². The van der Waals surface area contributed by atoms with Crippen molar-refractivity contribution in [3.8, 4) is 11.4 Å². The van der Waals surface area contributed by atoms with Crippen LogP contribution >= 0.6 is 0 Å². The Morgan fingerprint density at radius 3 is 2.40 bits per heavy atom. The standard InChI is InChI=1S/C40H60N4O3/c1-29(2)14-10-15-30(3)16-11-17-31(4)18-12-21-36-39(7)24-23-37(38(5,6)35(39)22-25-40(36,8)45)42-47-28-32-27-44(43-41-32)33-19-13-20-34(26-33)46-9/h13-14,16,18-20,26-27,35-36,45H,10-12,15,17,21-25,28H2,1-9H3/b30-16+,31-18+,42-37+/t35-,36+,39-,40+/m0/s1. The maximum atomic E-state index is 11.7. The minimum absolute atomic E-state index is 0.0383. The molecule has 47 heavy (non-hydrogen) atoms. The molecule has 2 aliphatic rings. The molecular formula is C40H60N4O3. The second-order valence-corrected chi connectivity index (χ2v) is 15.4. The number of ether oxygens (including phenoxy) is 1. The third kappa shape index (κ3) is 9.25. The summed E-state index contributed by atoms with van der Waals surface area (Å²) in [7, 11) is 1.65. The van der Waals surface area contributed by atoms with E-state index in [1.54, 1.807) is 11.8 Å². The van der Waals surface area contributed by atoms with Crippen LogP contribution in [0, 0.1) is 22.7 Å². The summed E-state index contributed by atoms with van der Waals surface area (Å²) in [5, 5.41) is 25.0. The first-order valence-electron chi connectivity index (χ1n) is 17.7. The SMILES string of the molecule is COc1cccc(-n2cc(CO/N=C3\CC[C@]4(C)[C@@H](CC/C=C(\C)CC/C=C(\C)CCC=C(C)C)[C@](C)(O)CC[C@H]4C3(C)C)nn2)c1. The van der Waals surface area contributed by atoms with E-state index in [1.165, 1.54) is 16.7 Å². The van der Waals surface area contributed by atoms with Gasteiger partial charge in [-0.15, -0.1) is 5.10 Å². The maximum Gasteiger partial charge on any atom is 0.162 e. The first-order chi connectivity index (χ1) is 22.3. The van der Waals surface area contributed by atoms with Crippen LogP contribution in [0.25, 0.3) is 5.69 Å². The van der Waals surface area contributed by atoms with Crippen molar-refractivity contribution < 1.29 is 14.7 Å². The summed E-state index contributed by atoms with van der Waals surface area (Å²) in [4.78, 5) is 5.92. The number of fused-ring (bicyclic) bond motifs is 1. The molecule has 7 nitrogen and oxygen atoms in total. The number of benzene rings is 1. The molecule has 2 aromatic rings. The zero-order chi connectivity index (χ0) is 34.2. The lowest BCUT2D eigenvalue weighted by atomic mass is 9.44. The van der Waals surface area contributed by atoms with Gasteiger partial charge in [0, 0.05) is 11.5 Å². The van der Waals surface area contributed by atoms with Crippen molar-refractivity contribution in [2.75, 3.05) is 7.11 Å². The van der Waals surface area contributed by atoms with Gasteiger partial charge < -0.3 is 14.7 Å². The highest BCUT2D eigenvalue weighted by Crippen LogP contribution is 2.62. The van der Waals surface area contributed by atoms with E-state index in [0.29, 0.717) is 5.92 Å². The zero-order valence-corrected chi connectivity index (χ0v) is 30.6. The fourth-order valence-electron chi connectivity index (χ4n) is 8.40. The normalized spacial score (nSPS) is 27.0. The first-order valence-corrected chi connectivity index (χ1v) is 17.7. The number of methoxy groups -OCH3 is 1. The number of aromatic nitrogens is 3. The number of allylic oxidation sites excluding steroid dienone is 6. The van der Waals surface area contributed by atoms with Gasteiger partial charge >= 0.3 is 0 Å². The van der Waals surface area contributed by atoms with Gasteiger partial charge in [-0.3, -0.25) is 0 Å². The molecule has 4 rings (SSSR count). The van der Waals surface area contributed by atoms with E-state index in [1.807, 2.05) is 30.5 Å². The van der Waals surface area contributed by atoms with E-state index in [4.69, 9.17) is 14.7 Å². The van der Waals surface area contributed by atoms with Crippen molar-refractivity contribution in [1.29, 1.82) is 0 Å². The van der Waals surface area contributed by atoms with Gasteiger partial charge in [0.2, 0.25) is 0 Å². The highest BCUT2D eigenvalue weighted by atomic mass is 16.6. The Labute approximate surface area is 284 Å². The summed E-state index contributed by atoms with van der Waals surface area (Å²) >= 11 is 0. The molecule has 4 atom stereocenters. The number of aliphatic hydroxyl groups is 1. The van der Waals surface area contributed by atoms with Gasteiger partial charge in [-0.1, -0.05) is 72.2 Å². The van der Waals surface area contributed by atoms with Gasteiger partial charge in [-0.25, -0.2) is 4.68 Å². The molecule has 0 bridgehead atoms. The number of hydrogen-bond acceptors (Lipinski definition) is 6. The van der Waals surface area contributed by atoms with Crippen LogP contribution in [0.1, 0.15) is 125 Å². The van der Waals surface area contributed by atoms with Crippen LogP contribution < -0.4 is 4.74 Å². The highest BCUT2D eigenvalue weighted by Gasteiger charge is 2.59. The molecule has 0 saturated heterocycles. The fraction of sp³-hybridized carbons (Fsp3) is 0.625. The molecule has 0 spiro atoms. The van der Waals surface area contributed by atoms with E-state index in [0.717, 1.165) is 87.1 Å². The van der Waals surface area contributed by atoms with Crippen LogP contribution in [0.3, 0.4) is 0 Å². The van der Waals surface area contributed by atoms with Gasteiger partial charge in [0.05, 0.1) is 30.3 Å². The predicted molar refractivity (Wildman–Crippen MR) is 193 cm³/mol. The average molecular weight is 645 g/mol. The minimum Gasteiger partial charge on any atom is -0.497 e. The Hall–Kier alpha value is -3.19. The molecule has 2 aliphatic carbocycles. The topological polar surface area (TPSA) is 81.8 Å². The van der Waals surface area contributed by atoms with Crippen LogP contribution in [0.5, 0.6) is 5.75 Å². The van der Waals surface area contributed by atoms with Crippen molar-refractivity contribution >= 4 is 5.71 Å². The summed E-state index contributed by atoms with van der Waals surface area (Å²) < 4.78 is 7.06. The molecule has 0 aliphatic heterocycles. The number of hydrogen-bond donors (Lipinski definition) is 1. The van der Waals surface area contributed by atoms with Crippen LogP contribution in [0.15, 0.2) is 70.6 Å². The van der Waals surface area contributed by atoms with E-state index in [9.17, 15) is 5.11 Å². The van der Waals surface area contributed by atoms with Gasteiger partial charge in [0.1, 0.15) is 11.4 Å². The Morgan fingerprint density at radius 1 is 1.00 bits per heavy atom. The van der Waals surface area contributed by atoms with Crippen LogP contribution in [-0.2, 0) is 11.4 Å². The van der Waals surface area contributed by atoms with E-state index < -0.39 is 5.60 Å². The van der Waals surface area contributed by atoms with Crippen molar-refractivity contribution in [3.63, 3.8) is 0 Å². The molecule has 0 amide bonds. The predicted octanol–water partition coefficient (Wildman–Crippen LogP) is 9.95. The van der Waals surface area contributed by atoms with Crippen molar-refractivity contribution in [2.45, 2.75) is 132 Å². The van der Waals surface area contributed by atoms with Crippen molar-refractivity contribution in [3.05, 3.63) is 71.1 Å². The molecule has 1 aromatic heterocycles. The molecule has 1 heterocycles. The summed E-state index contributed by atoms with van der Waals surface area (Å²) in [5.41, 5.74) is 6.30. The Morgan fingerprint density at radius 2 is 1.70 bits per heavy atom. The fourth-order valence-corrected chi connectivity index (χ4v) is 8.40. The molecule has 2 saturated carbocycles. The van der Waals surface area contributed by atoms with Gasteiger partial charge in [0.25, 0.3) is 0 Å². The molecule has 1 aromatic carbocycles. The van der Waals surface area contributed by atoms with Crippen molar-refractivity contribution in [2.24, 2.45) is 27.8 Å². The Bertz CT molecular complexity index is 1460. The largest absolute Gasteiger partial charge is 0.497 e. The molecule has 1 N–H and O–H groups in total. The lowest BCUT2D eigenvalue weighted by Crippen LogP contribution is -2.59. The Balaban J connectivity index is 1.35. The molecule has 2 fully saturated rings. The quantitative estimate of drug-likeness (QED) is 0.164. The lowest BCUT2D eigenvalue weighted by molar-refractivity contribution is -0.150. The number of oxime groups is 1. The highest BCUT2D eigenvalue weighted by molar-refractivity contribution is 5.90. The minimum atomic E-state index is -0.659. The van der Waals surface area contributed by atoms with Crippen LogP contribution in [0.4, 0.5) is 0 Å². The van der Waals surface area contributed by atoms with Gasteiger partial charge in [-0.2, -0.15) is 0 Å². The maximum absolute atomic E-state index is 11.7. The first kappa shape index (κ1) is 36.6. The molecule has 7 heteroatoms. The van der Waals surface area contributed by atoms with Gasteiger partial charge in [-0.05, 0) is 128 Å².